The fraction of sp³-hybridized carbons (Fsp3) is 0.278. The fourth-order valence-electron chi connectivity index (χ4n) is 2.71. The first-order chi connectivity index (χ1) is 13.0. The molecule has 9 heteroatoms. The van der Waals surface area contributed by atoms with Crippen LogP contribution in [0.5, 0.6) is 0 Å². The molecule has 1 atom stereocenters. The molecule has 3 N–H and O–H groups in total. The number of hydrogen-bond acceptors (Lipinski definition) is 6. The van der Waals surface area contributed by atoms with Crippen LogP contribution in [0, 0.1) is 0 Å². The zero-order valence-corrected chi connectivity index (χ0v) is 15.5. The number of benzene rings is 1. The molecule has 3 rings (SSSR count). The first-order valence-electron chi connectivity index (χ1n) is 8.43. The third kappa shape index (κ3) is 4.37. The number of rotatable bonds is 7. The maximum atomic E-state index is 12.5. The van der Waals surface area contributed by atoms with Crippen molar-refractivity contribution >= 4 is 33.6 Å². The van der Waals surface area contributed by atoms with Crippen molar-refractivity contribution in [2.75, 3.05) is 0 Å². The monoisotopic (exact) mass is 385 g/mol. The van der Waals surface area contributed by atoms with E-state index in [0.29, 0.717) is 0 Å². The molecule has 8 nitrogen and oxygen atoms in total. The minimum Gasteiger partial charge on any atom is -0.364 e. The van der Waals surface area contributed by atoms with Crippen molar-refractivity contribution in [1.82, 2.24) is 19.2 Å². The van der Waals surface area contributed by atoms with E-state index in [1.165, 1.54) is 16.5 Å². The number of primary amides is 1. The zero-order valence-electron chi connectivity index (χ0n) is 14.7. The van der Waals surface area contributed by atoms with Gasteiger partial charge in [0.2, 0.25) is 5.91 Å². The van der Waals surface area contributed by atoms with Crippen molar-refractivity contribution in [1.29, 1.82) is 0 Å². The number of carbonyl (C=O) groups excluding carboxylic acids is 2. The molecule has 27 heavy (non-hydrogen) atoms. The number of aryl methyl sites for hydroxylation is 1. The van der Waals surface area contributed by atoms with Crippen molar-refractivity contribution in [3.8, 4) is 0 Å². The van der Waals surface area contributed by atoms with Gasteiger partial charge in [0.15, 0.2) is 5.69 Å². The van der Waals surface area contributed by atoms with Gasteiger partial charge in [0.05, 0.1) is 6.33 Å². The Morgan fingerprint density at radius 1 is 1.30 bits per heavy atom. The van der Waals surface area contributed by atoms with Crippen LogP contribution < -0.4 is 16.6 Å². The smallest absolute Gasteiger partial charge is 0.273 e. The SMILES string of the molecule is C[C@H](CCc1ccccc1)NC(=O)Cn1cnc2c(C(N)=O)nsc2c1=O. The van der Waals surface area contributed by atoms with E-state index in [4.69, 9.17) is 5.73 Å². The molecule has 0 saturated carbocycles. The normalized spacial score (nSPS) is 12.0. The second kappa shape index (κ2) is 8.09. The molecule has 3 aromatic rings. The number of carbonyl (C=O) groups is 2. The number of fused-ring (bicyclic) bond motifs is 1. The van der Waals surface area contributed by atoms with Gasteiger partial charge in [0.25, 0.3) is 11.5 Å². The molecule has 2 amide bonds. The summed E-state index contributed by atoms with van der Waals surface area (Å²) in [5.74, 6) is -1.02. The molecule has 0 aliphatic carbocycles. The zero-order chi connectivity index (χ0) is 19.4. The number of nitrogens with one attached hydrogen (secondary N) is 1. The van der Waals surface area contributed by atoms with Crippen LogP contribution in [0.1, 0.15) is 29.4 Å². The van der Waals surface area contributed by atoms with Gasteiger partial charge in [-0.1, -0.05) is 30.3 Å². The maximum Gasteiger partial charge on any atom is 0.273 e. The van der Waals surface area contributed by atoms with E-state index in [1.807, 2.05) is 37.3 Å². The van der Waals surface area contributed by atoms with Crippen LogP contribution in [-0.4, -0.2) is 31.8 Å². The van der Waals surface area contributed by atoms with Crippen molar-refractivity contribution < 1.29 is 9.59 Å². The molecule has 0 aliphatic rings. The summed E-state index contributed by atoms with van der Waals surface area (Å²) < 4.78 is 5.27. The van der Waals surface area contributed by atoms with Gasteiger partial charge in [-0.2, -0.15) is 4.37 Å². The molecular formula is C18H19N5O3S. The predicted molar refractivity (Wildman–Crippen MR) is 103 cm³/mol. The highest BCUT2D eigenvalue weighted by Gasteiger charge is 2.17. The van der Waals surface area contributed by atoms with E-state index in [0.717, 1.165) is 24.4 Å². The summed E-state index contributed by atoms with van der Waals surface area (Å²) >= 11 is 0.851. The molecule has 0 bridgehead atoms. The lowest BCUT2D eigenvalue weighted by Gasteiger charge is -2.14. The molecule has 2 aromatic heterocycles. The van der Waals surface area contributed by atoms with Crippen LogP contribution in [0.2, 0.25) is 0 Å². The van der Waals surface area contributed by atoms with Crippen molar-refractivity contribution in [2.45, 2.75) is 32.4 Å². The fourth-order valence-corrected chi connectivity index (χ4v) is 3.50. The second-order valence-corrected chi connectivity index (χ2v) is 7.02. The molecular weight excluding hydrogens is 366 g/mol. The van der Waals surface area contributed by atoms with Gasteiger partial charge in [0.1, 0.15) is 16.8 Å². The van der Waals surface area contributed by atoms with Gasteiger partial charge in [-0.25, -0.2) is 4.98 Å². The Kier molecular flexibility index (Phi) is 5.60. The van der Waals surface area contributed by atoms with Gasteiger partial charge >= 0.3 is 0 Å². The van der Waals surface area contributed by atoms with Crippen LogP contribution in [-0.2, 0) is 17.8 Å². The molecule has 0 radical (unpaired) electrons. The first kappa shape index (κ1) is 18.7. The Labute approximate surface area is 159 Å². The molecule has 0 fully saturated rings. The predicted octanol–water partition coefficient (Wildman–Crippen LogP) is 1.09. The molecule has 0 spiro atoms. The van der Waals surface area contributed by atoms with Crippen LogP contribution >= 0.6 is 11.5 Å². The Balaban J connectivity index is 1.63. The quantitative estimate of drug-likeness (QED) is 0.631. The highest BCUT2D eigenvalue weighted by Crippen LogP contribution is 2.15. The van der Waals surface area contributed by atoms with E-state index in [-0.39, 0.29) is 34.4 Å². The van der Waals surface area contributed by atoms with Gasteiger partial charge in [-0.05, 0) is 36.9 Å². The molecule has 2 heterocycles. The van der Waals surface area contributed by atoms with Crippen LogP contribution in [0.25, 0.3) is 10.2 Å². The van der Waals surface area contributed by atoms with Gasteiger partial charge < -0.3 is 11.1 Å². The average molecular weight is 385 g/mol. The summed E-state index contributed by atoms with van der Waals surface area (Å²) in [6.45, 7) is 1.77. The van der Waals surface area contributed by atoms with Crippen molar-refractivity contribution in [3.05, 3.63) is 58.3 Å². The molecule has 0 saturated heterocycles. The van der Waals surface area contributed by atoms with Crippen LogP contribution in [0.3, 0.4) is 0 Å². The summed E-state index contributed by atoms with van der Waals surface area (Å²) in [6, 6.07) is 9.99. The number of nitrogens with two attached hydrogens (primary N) is 1. The minimum atomic E-state index is -0.740. The number of aromatic nitrogens is 3. The Hall–Kier alpha value is -3.07. The maximum absolute atomic E-state index is 12.5. The molecule has 0 unspecified atom stereocenters. The largest absolute Gasteiger partial charge is 0.364 e. The summed E-state index contributed by atoms with van der Waals surface area (Å²) in [5, 5.41) is 2.88. The Bertz CT molecular complexity index is 1030. The van der Waals surface area contributed by atoms with Gasteiger partial charge in [-0.15, -0.1) is 0 Å². The van der Waals surface area contributed by atoms with E-state index in [9.17, 15) is 14.4 Å². The summed E-state index contributed by atoms with van der Waals surface area (Å²) in [5.41, 5.74) is 6.14. The Morgan fingerprint density at radius 3 is 2.74 bits per heavy atom. The first-order valence-corrected chi connectivity index (χ1v) is 9.21. The van der Waals surface area contributed by atoms with Crippen molar-refractivity contribution in [2.24, 2.45) is 5.73 Å². The molecule has 0 aliphatic heterocycles. The summed E-state index contributed by atoms with van der Waals surface area (Å²) in [6.07, 6.45) is 2.88. The van der Waals surface area contributed by atoms with E-state index in [1.54, 1.807) is 0 Å². The standard InChI is InChI=1S/C18H19N5O3S/c1-11(7-8-12-5-3-2-4-6-12)21-13(24)9-23-10-20-14-15(17(19)25)22-27-16(14)18(23)26/h2-6,10-11H,7-9H2,1H3,(H2,19,25)(H,21,24)/t11-/m1/s1. The van der Waals surface area contributed by atoms with Gasteiger partial charge in [-0.3, -0.25) is 19.0 Å². The summed E-state index contributed by atoms with van der Waals surface area (Å²) in [4.78, 5) is 40.1. The van der Waals surface area contributed by atoms with Crippen LogP contribution in [0.4, 0.5) is 0 Å². The number of amides is 2. The average Bonchev–Trinajstić information content (AvgIpc) is 3.08. The topological polar surface area (TPSA) is 120 Å². The van der Waals surface area contributed by atoms with Crippen LogP contribution in [0.15, 0.2) is 41.5 Å². The second-order valence-electron chi connectivity index (χ2n) is 6.24. The summed E-state index contributed by atoms with van der Waals surface area (Å²) in [7, 11) is 0. The lowest BCUT2D eigenvalue weighted by Crippen LogP contribution is -2.37. The third-order valence-electron chi connectivity index (χ3n) is 4.11. The third-order valence-corrected chi connectivity index (χ3v) is 4.94. The minimum absolute atomic E-state index is 0.0294. The molecule has 1 aromatic carbocycles. The van der Waals surface area contributed by atoms with Crippen molar-refractivity contribution in [3.63, 3.8) is 0 Å². The van der Waals surface area contributed by atoms with E-state index < -0.39 is 11.5 Å². The van der Waals surface area contributed by atoms with Gasteiger partial charge in [0, 0.05) is 6.04 Å². The van der Waals surface area contributed by atoms with E-state index >= 15 is 0 Å². The van der Waals surface area contributed by atoms with E-state index in [2.05, 4.69) is 14.7 Å². The number of hydrogen-bond donors (Lipinski definition) is 2. The molecule has 140 valence electrons. The lowest BCUT2D eigenvalue weighted by molar-refractivity contribution is -0.122. The highest BCUT2D eigenvalue weighted by atomic mass is 32.1. The lowest BCUT2D eigenvalue weighted by atomic mass is 10.1. The highest BCUT2D eigenvalue weighted by molar-refractivity contribution is 7.13. The Morgan fingerprint density at radius 2 is 2.04 bits per heavy atom. The number of nitrogens with zero attached hydrogens (tertiary/aromatic N) is 3.